The van der Waals surface area contributed by atoms with E-state index in [0.717, 1.165) is 35.4 Å². The van der Waals surface area contributed by atoms with Gasteiger partial charge in [-0.3, -0.25) is 9.59 Å². The van der Waals surface area contributed by atoms with Gasteiger partial charge in [-0.1, -0.05) is 30.3 Å². The minimum Gasteiger partial charge on any atom is -0.487 e. The Morgan fingerprint density at radius 3 is 2.62 bits per heavy atom. The summed E-state index contributed by atoms with van der Waals surface area (Å²) in [6.45, 7) is 1.78. The molecule has 0 unspecified atom stereocenters. The standard InChI is InChI=1S/C27H32N2O5/c1-16(18-5-3-2-4-6-18)28-26(32)14-20-13-22-21-12-19(29-25(31)11-17-7-8-17)9-10-23(21)34-27(22)24(15-30)33-20/h2-6,9-10,12,16-17,20,22,24,27,30H,7-8,11,13-15H2,1H3,(H,28,32)(H,29,31)/t16-,20+,22+,24-,27-/m1/s1. The smallest absolute Gasteiger partial charge is 0.224 e. The highest BCUT2D eigenvalue weighted by Gasteiger charge is 2.46. The number of fused-ring (bicyclic) bond motifs is 3. The third kappa shape index (κ3) is 5.10. The minimum absolute atomic E-state index is 0.00877. The quantitative estimate of drug-likeness (QED) is 0.554. The van der Waals surface area contributed by atoms with Crippen LogP contribution in [0.25, 0.3) is 0 Å². The van der Waals surface area contributed by atoms with Crippen LogP contribution in [-0.2, 0) is 14.3 Å². The number of aliphatic hydroxyl groups is 1. The van der Waals surface area contributed by atoms with Crippen molar-refractivity contribution in [2.24, 2.45) is 5.92 Å². The molecule has 7 nitrogen and oxygen atoms in total. The maximum atomic E-state index is 12.8. The van der Waals surface area contributed by atoms with Crippen LogP contribution < -0.4 is 15.4 Å². The predicted molar refractivity (Wildman–Crippen MR) is 128 cm³/mol. The Morgan fingerprint density at radius 1 is 1.09 bits per heavy atom. The third-order valence-electron chi connectivity index (χ3n) is 7.04. The van der Waals surface area contributed by atoms with E-state index < -0.39 is 6.10 Å². The van der Waals surface area contributed by atoms with E-state index in [9.17, 15) is 14.7 Å². The Morgan fingerprint density at radius 2 is 1.88 bits per heavy atom. The highest BCUT2D eigenvalue weighted by atomic mass is 16.6. The number of aliphatic hydroxyl groups excluding tert-OH is 1. The van der Waals surface area contributed by atoms with Gasteiger partial charge in [-0.05, 0) is 55.9 Å². The van der Waals surface area contributed by atoms with Crippen LogP contribution in [0, 0.1) is 5.92 Å². The number of rotatable bonds is 8. The van der Waals surface area contributed by atoms with Crippen molar-refractivity contribution in [1.82, 2.24) is 5.32 Å². The van der Waals surface area contributed by atoms with Crippen molar-refractivity contribution >= 4 is 17.5 Å². The molecular formula is C27H32N2O5. The zero-order valence-electron chi connectivity index (χ0n) is 19.4. The molecule has 5 atom stereocenters. The van der Waals surface area contributed by atoms with Crippen molar-refractivity contribution in [3.8, 4) is 5.75 Å². The first kappa shape index (κ1) is 22.9. The van der Waals surface area contributed by atoms with Gasteiger partial charge in [-0.2, -0.15) is 0 Å². The average molecular weight is 465 g/mol. The lowest BCUT2D eigenvalue weighted by Crippen LogP contribution is -2.47. The summed E-state index contributed by atoms with van der Waals surface area (Å²) in [5.74, 6) is 1.22. The Balaban J connectivity index is 1.25. The molecule has 3 aliphatic rings. The van der Waals surface area contributed by atoms with Crippen molar-refractivity contribution in [2.75, 3.05) is 11.9 Å². The van der Waals surface area contributed by atoms with Gasteiger partial charge in [0, 0.05) is 23.6 Å². The summed E-state index contributed by atoms with van der Waals surface area (Å²) in [6, 6.07) is 15.4. The second-order valence-electron chi connectivity index (χ2n) is 9.76. The molecule has 0 spiro atoms. The zero-order valence-corrected chi connectivity index (χ0v) is 19.4. The largest absolute Gasteiger partial charge is 0.487 e. The van der Waals surface area contributed by atoms with Crippen LogP contribution in [-0.4, -0.2) is 41.8 Å². The summed E-state index contributed by atoms with van der Waals surface area (Å²) < 4.78 is 12.2. The first-order valence-corrected chi connectivity index (χ1v) is 12.2. The second-order valence-corrected chi connectivity index (χ2v) is 9.76. The summed E-state index contributed by atoms with van der Waals surface area (Å²) >= 11 is 0. The predicted octanol–water partition coefficient (Wildman–Crippen LogP) is 3.69. The zero-order chi connectivity index (χ0) is 23.7. The third-order valence-corrected chi connectivity index (χ3v) is 7.04. The number of anilines is 1. The normalized spacial score (nSPS) is 26.1. The number of ether oxygens (including phenoxy) is 2. The van der Waals surface area contributed by atoms with Gasteiger partial charge < -0.3 is 25.2 Å². The van der Waals surface area contributed by atoms with Crippen LogP contribution in [0.1, 0.15) is 62.1 Å². The molecule has 2 heterocycles. The van der Waals surface area contributed by atoms with E-state index in [-0.39, 0.29) is 49.0 Å². The molecule has 0 aromatic heterocycles. The maximum Gasteiger partial charge on any atom is 0.224 e. The molecular weight excluding hydrogens is 432 g/mol. The van der Waals surface area contributed by atoms with Gasteiger partial charge in [-0.25, -0.2) is 0 Å². The van der Waals surface area contributed by atoms with Gasteiger partial charge in [0.2, 0.25) is 11.8 Å². The van der Waals surface area contributed by atoms with E-state index in [2.05, 4.69) is 10.6 Å². The molecule has 2 amide bonds. The van der Waals surface area contributed by atoms with E-state index in [1.807, 2.05) is 55.5 Å². The number of amides is 2. The van der Waals surface area contributed by atoms with Gasteiger partial charge in [0.15, 0.2) is 0 Å². The average Bonchev–Trinajstić information content (AvgIpc) is 3.57. The van der Waals surface area contributed by atoms with Crippen LogP contribution in [0.15, 0.2) is 48.5 Å². The number of nitrogens with one attached hydrogen (secondary N) is 2. The lowest BCUT2D eigenvalue weighted by Gasteiger charge is -2.37. The molecule has 1 saturated heterocycles. The van der Waals surface area contributed by atoms with Crippen molar-refractivity contribution < 1.29 is 24.2 Å². The summed E-state index contributed by atoms with van der Waals surface area (Å²) in [4.78, 5) is 25.0. The van der Waals surface area contributed by atoms with Crippen LogP contribution in [0.4, 0.5) is 5.69 Å². The lowest BCUT2D eigenvalue weighted by atomic mass is 9.84. The second kappa shape index (κ2) is 9.76. The van der Waals surface area contributed by atoms with Crippen LogP contribution >= 0.6 is 0 Å². The summed E-state index contributed by atoms with van der Waals surface area (Å²) in [5, 5.41) is 16.0. The monoisotopic (exact) mass is 464 g/mol. The van der Waals surface area contributed by atoms with E-state index in [0.29, 0.717) is 18.8 Å². The maximum absolute atomic E-state index is 12.8. The topological polar surface area (TPSA) is 96.9 Å². The van der Waals surface area contributed by atoms with Gasteiger partial charge in [0.1, 0.15) is 18.0 Å². The van der Waals surface area contributed by atoms with Crippen LogP contribution in [0.2, 0.25) is 0 Å². The Labute approximate surface area is 199 Å². The van der Waals surface area contributed by atoms with Crippen LogP contribution in [0.3, 0.4) is 0 Å². The molecule has 0 radical (unpaired) electrons. The van der Waals surface area contributed by atoms with E-state index in [1.165, 1.54) is 0 Å². The Bertz CT molecular complexity index is 1040. The number of carbonyl (C=O) groups is 2. The first-order chi connectivity index (χ1) is 16.5. The molecule has 2 fully saturated rings. The first-order valence-electron chi connectivity index (χ1n) is 12.2. The highest BCUT2D eigenvalue weighted by molar-refractivity contribution is 5.91. The molecule has 0 bridgehead atoms. The van der Waals surface area contributed by atoms with Crippen LogP contribution in [0.5, 0.6) is 5.75 Å². The summed E-state index contributed by atoms with van der Waals surface area (Å²) in [6.07, 6.45) is 2.52. The molecule has 7 heteroatoms. The fourth-order valence-corrected chi connectivity index (χ4v) is 5.10. The molecule has 2 aliphatic heterocycles. The Hall–Kier alpha value is -2.90. The van der Waals surface area contributed by atoms with E-state index >= 15 is 0 Å². The summed E-state index contributed by atoms with van der Waals surface area (Å²) in [5.41, 5.74) is 2.80. The fourth-order valence-electron chi connectivity index (χ4n) is 5.10. The highest BCUT2D eigenvalue weighted by Crippen LogP contribution is 2.47. The molecule has 2 aromatic carbocycles. The lowest BCUT2D eigenvalue weighted by molar-refractivity contribution is -0.142. The van der Waals surface area contributed by atoms with Crippen molar-refractivity contribution in [2.45, 2.75) is 69.3 Å². The molecule has 5 rings (SSSR count). The van der Waals surface area contributed by atoms with E-state index in [1.54, 1.807) is 0 Å². The summed E-state index contributed by atoms with van der Waals surface area (Å²) in [7, 11) is 0. The number of carbonyl (C=O) groups excluding carboxylic acids is 2. The van der Waals surface area contributed by atoms with E-state index in [4.69, 9.17) is 9.47 Å². The van der Waals surface area contributed by atoms with Crippen molar-refractivity contribution in [3.63, 3.8) is 0 Å². The van der Waals surface area contributed by atoms with Crippen molar-refractivity contribution in [1.29, 1.82) is 0 Å². The minimum atomic E-state index is -0.511. The molecule has 1 aliphatic carbocycles. The fraction of sp³-hybridized carbons (Fsp3) is 0.481. The SMILES string of the molecule is C[C@@H](NC(=O)C[C@@H]1C[C@H]2c3cc(NC(=O)CC4CC4)ccc3O[C@H]2[C@@H](CO)O1)c1ccccc1. The number of hydrogen-bond donors (Lipinski definition) is 3. The van der Waals surface area contributed by atoms with Gasteiger partial charge >= 0.3 is 0 Å². The molecule has 180 valence electrons. The van der Waals surface area contributed by atoms with Gasteiger partial charge in [0.05, 0.1) is 25.2 Å². The molecule has 2 aromatic rings. The number of benzene rings is 2. The molecule has 34 heavy (non-hydrogen) atoms. The van der Waals surface area contributed by atoms with Gasteiger partial charge in [-0.15, -0.1) is 0 Å². The molecule has 3 N–H and O–H groups in total. The van der Waals surface area contributed by atoms with Gasteiger partial charge in [0.25, 0.3) is 0 Å². The Kier molecular flexibility index (Phi) is 6.57. The van der Waals surface area contributed by atoms with Crippen molar-refractivity contribution in [3.05, 3.63) is 59.7 Å². The molecule has 1 saturated carbocycles. The number of hydrogen-bond acceptors (Lipinski definition) is 5.